The molecule has 1 fully saturated rings. The minimum absolute atomic E-state index is 0.374. The van der Waals surface area contributed by atoms with E-state index >= 15 is 0 Å². The van der Waals surface area contributed by atoms with Gasteiger partial charge in [0.1, 0.15) is 5.75 Å². The molecule has 0 unspecified atom stereocenters. The molecule has 1 aliphatic rings. The van der Waals surface area contributed by atoms with Crippen LogP contribution >= 0.6 is 23.2 Å². The molecule has 0 N–H and O–H groups in total. The molecule has 1 aliphatic heterocycles. The molecule has 0 saturated carbocycles. The van der Waals surface area contributed by atoms with Crippen molar-refractivity contribution >= 4 is 30.5 Å². The molecule has 0 atom stereocenters. The van der Waals surface area contributed by atoms with Gasteiger partial charge in [0, 0.05) is 0 Å². The second-order valence-corrected chi connectivity index (χ2v) is 6.03. The fourth-order valence-electron chi connectivity index (χ4n) is 1.53. The molecule has 18 heavy (non-hydrogen) atoms. The van der Waals surface area contributed by atoms with E-state index < -0.39 is 18.5 Å². The Morgan fingerprint density at radius 3 is 1.89 bits per heavy atom. The van der Waals surface area contributed by atoms with Gasteiger partial charge in [-0.05, 0) is 39.8 Å². The molecule has 0 aromatic heterocycles. The third-order valence-corrected chi connectivity index (χ3v) is 3.96. The topological polar surface area (TPSA) is 27.7 Å². The van der Waals surface area contributed by atoms with Crippen LogP contribution in [0.5, 0.6) is 5.75 Å². The van der Waals surface area contributed by atoms with Gasteiger partial charge in [0.2, 0.25) is 0 Å². The van der Waals surface area contributed by atoms with Gasteiger partial charge in [0.25, 0.3) is 0 Å². The van der Waals surface area contributed by atoms with Gasteiger partial charge in [-0.15, -0.1) is 0 Å². The highest BCUT2D eigenvalue weighted by atomic mass is 35.5. The molecule has 1 saturated heterocycles. The lowest BCUT2D eigenvalue weighted by Crippen LogP contribution is -2.41. The third kappa shape index (κ3) is 2.48. The molecule has 2 rings (SSSR count). The van der Waals surface area contributed by atoms with Crippen molar-refractivity contribution in [1.29, 1.82) is 0 Å². The van der Waals surface area contributed by atoms with Crippen molar-refractivity contribution in [1.82, 2.24) is 0 Å². The summed E-state index contributed by atoms with van der Waals surface area (Å²) in [5.74, 6) is 0.374. The van der Waals surface area contributed by atoms with E-state index in [0.717, 1.165) is 0 Å². The standard InChI is InChI=1S/C12H15BCl2O3/c1-11(2)12(3,4)18-13(17-11)16-10-8(14)6-5-7-9(10)15/h5-7H,1-4H3. The molecule has 0 bridgehead atoms. The van der Waals surface area contributed by atoms with Gasteiger partial charge in [-0.1, -0.05) is 29.3 Å². The summed E-state index contributed by atoms with van der Waals surface area (Å²) in [6.07, 6.45) is 0. The number of benzene rings is 1. The maximum Gasteiger partial charge on any atom is 0.714 e. The van der Waals surface area contributed by atoms with Crippen molar-refractivity contribution in [2.75, 3.05) is 0 Å². The average Bonchev–Trinajstić information content (AvgIpc) is 2.42. The zero-order valence-corrected chi connectivity index (χ0v) is 12.3. The summed E-state index contributed by atoms with van der Waals surface area (Å²) in [5.41, 5.74) is -0.906. The van der Waals surface area contributed by atoms with Gasteiger partial charge in [-0.2, -0.15) is 0 Å². The lowest BCUT2D eigenvalue weighted by Gasteiger charge is -2.31. The molecule has 0 radical (unpaired) electrons. The Labute approximate surface area is 117 Å². The Balaban J connectivity index is 2.18. The quantitative estimate of drug-likeness (QED) is 0.771. The van der Waals surface area contributed by atoms with Crippen molar-refractivity contribution in [3.05, 3.63) is 28.2 Å². The lowest BCUT2D eigenvalue weighted by atomic mass is 9.90. The van der Waals surface area contributed by atoms with E-state index in [1.807, 2.05) is 27.7 Å². The van der Waals surface area contributed by atoms with Crippen LogP contribution in [0.2, 0.25) is 10.0 Å². The summed E-state index contributed by atoms with van der Waals surface area (Å²) in [6.45, 7) is 7.80. The molecule has 3 nitrogen and oxygen atoms in total. The smallest absolute Gasteiger partial charge is 0.509 e. The number of hydrogen-bond acceptors (Lipinski definition) is 3. The van der Waals surface area contributed by atoms with Crippen LogP contribution in [0.3, 0.4) is 0 Å². The molecule has 0 aliphatic carbocycles. The second kappa shape index (κ2) is 4.60. The van der Waals surface area contributed by atoms with Crippen LogP contribution in [0, 0.1) is 0 Å². The Hall–Kier alpha value is -0.415. The van der Waals surface area contributed by atoms with Gasteiger partial charge in [-0.25, -0.2) is 0 Å². The minimum Gasteiger partial charge on any atom is -0.509 e. The van der Waals surface area contributed by atoms with Crippen LogP contribution < -0.4 is 4.65 Å². The van der Waals surface area contributed by atoms with Crippen LogP contribution in [0.15, 0.2) is 18.2 Å². The number of hydrogen-bond donors (Lipinski definition) is 0. The fourth-order valence-corrected chi connectivity index (χ4v) is 2.01. The van der Waals surface area contributed by atoms with Gasteiger partial charge in [0.05, 0.1) is 21.2 Å². The molecular weight excluding hydrogens is 274 g/mol. The zero-order valence-electron chi connectivity index (χ0n) is 10.8. The predicted octanol–water partition coefficient (Wildman–Crippen LogP) is 3.96. The second-order valence-electron chi connectivity index (χ2n) is 5.21. The van der Waals surface area contributed by atoms with Crippen LogP contribution in [0.4, 0.5) is 0 Å². The van der Waals surface area contributed by atoms with E-state index in [0.29, 0.717) is 15.8 Å². The summed E-state index contributed by atoms with van der Waals surface area (Å²) >= 11 is 12.1. The molecule has 1 aromatic carbocycles. The Morgan fingerprint density at radius 2 is 1.44 bits per heavy atom. The van der Waals surface area contributed by atoms with Crippen LogP contribution in [0.25, 0.3) is 0 Å². The van der Waals surface area contributed by atoms with Gasteiger partial charge in [-0.3, -0.25) is 0 Å². The van der Waals surface area contributed by atoms with E-state index in [1.165, 1.54) is 0 Å². The average molecular weight is 289 g/mol. The summed E-state index contributed by atoms with van der Waals surface area (Å²) in [4.78, 5) is 0. The van der Waals surface area contributed by atoms with Crippen molar-refractivity contribution in [3.8, 4) is 5.75 Å². The van der Waals surface area contributed by atoms with Crippen molar-refractivity contribution < 1.29 is 14.0 Å². The van der Waals surface area contributed by atoms with E-state index in [4.69, 9.17) is 37.2 Å². The molecule has 98 valence electrons. The normalized spacial score (nSPS) is 21.1. The van der Waals surface area contributed by atoms with E-state index in [1.54, 1.807) is 18.2 Å². The van der Waals surface area contributed by atoms with Gasteiger partial charge in [0.15, 0.2) is 0 Å². The number of para-hydroxylation sites is 1. The highest BCUT2D eigenvalue weighted by molar-refractivity contribution is 6.42. The van der Waals surface area contributed by atoms with Gasteiger partial charge < -0.3 is 14.0 Å². The van der Waals surface area contributed by atoms with Crippen LogP contribution in [-0.2, 0) is 9.31 Å². The van der Waals surface area contributed by atoms with E-state index in [9.17, 15) is 0 Å². The minimum atomic E-state index is -0.813. The molecule has 1 aromatic rings. The SMILES string of the molecule is CC1(C)OB(Oc2c(Cl)cccc2Cl)OC1(C)C. The molecule has 0 amide bonds. The first kappa shape index (κ1) is 14.0. The van der Waals surface area contributed by atoms with Crippen molar-refractivity contribution in [3.63, 3.8) is 0 Å². The maximum absolute atomic E-state index is 6.03. The fraction of sp³-hybridized carbons (Fsp3) is 0.500. The summed E-state index contributed by atoms with van der Waals surface area (Å²) in [6, 6.07) is 5.16. The Morgan fingerprint density at radius 1 is 1.00 bits per heavy atom. The number of halogens is 2. The third-order valence-electron chi connectivity index (χ3n) is 3.36. The first-order valence-electron chi connectivity index (χ1n) is 5.69. The first-order valence-corrected chi connectivity index (χ1v) is 6.45. The largest absolute Gasteiger partial charge is 0.714 e. The molecule has 0 spiro atoms. The Bertz CT molecular complexity index is 426. The van der Waals surface area contributed by atoms with Crippen LogP contribution in [0.1, 0.15) is 27.7 Å². The van der Waals surface area contributed by atoms with Crippen LogP contribution in [-0.4, -0.2) is 18.5 Å². The highest BCUT2D eigenvalue weighted by Gasteiger charge is 2.54. The van der Waals surface area contributed by atoms with Gasteiger partial charge >= 0.3 is 7.32 Å². The highest BCUT2D eigenvalue weighted by Crippen LogP contribution is 2.39. The van der Waals surface area contributed by atoms with Crippen molar-refractivity contribution in [2.45, 2.75) is 38.9 Å². The van der Waals surface area contributed by atoms with Crippen molar-refractivity contribution in [2.24, 2.45) is 0 Å². The summed E-state index contributed by atoms with van der Waals surface area (Å²) in [7, 11) is -0.813. The number of rotatable bonds is 2. The lowest BCUT2D eigenvalue weighted by molar-refractivity contribution is 0.00578. The molecule has 6 heteroatoms. The van der Waals surface area contributed by atoms with E-state index in [-0.39, 0.29) is 0 Å². The summed E-state index contributed by atoms with van der Waals surface area (Å²) in [5, 5.41) is 0.856. The van der Waals surface area contributed by atoms with E-state index in [2.05, 4.69) is 0 Å². The maximum atomic E-state index is 6.03. The first-order chi connectivity index (χ1) is 8.23. The summed E-state index contributed by atoms with van der Waals surface area (Å²) < 4.78 is 17.0. The zero-order chi connectivity index (χ0) is 13.6. The predicted molar refractivity (Wildman–Crippen MR) is 73.2 cm³/mol. The monoisotopic (exact) mass is 288 g/mol. The molecular formula is C12H15BCl2O3. The molecule has 1 heterocycles. The Kier molecular flexibility index (Phi) is 3.58.